The number of likely N-dealkylation sites (N-methyl/N-ethyl adjacent to an activating group) is 1. The molecule has 1 aromatic carbocycles. The summed E-state index contributed by atoms with van der Waals surface area (Å²) in [5.41, 5.74) is 1.43. The first-order valence-corrected chi connectivity index (χ1v) is 6.06. The van der Waals surface area contributed by atoms with Gasteiger partial charge in [0.1, 0.15) is 6.17 Å². The average Bonchev–Trinajstić information content (AvgIpc) is 2.94. The number of nitrogens with zero attached hydrogens (tertiary/aromatic N) is 3. The van der Waals surface area contributed by atoms with Crippen molar-refractivity contribution in [2.24, 2.45) is 0 Å². The molecule has 3 nitrogen and oxygen atoms in total. The maximum atomic E-state index is 2.32. The molecule has 1 aromatic heterocycles. The zero-order valence-electron chi connectivity index (χ0n) is 10.0. The topological polar surface area (TPSA) is 11.4 Å². The van der Waals surface area contributed by atoms with Gasteiger partial charge >= 0.3 is 0 Å². The second-order valence-corrected chi connectivity index (χ2v) is 4.99. The summed E-state index contributed by atoms with van der Waals surface area (Å²) in [5, 5.41) is 5.03. The van der Waals surface area contributed by atoms with Crippen LogP contribution in [0.3, 0.4) is 0 Å². The number of rotatable bonds is 0. The van der Waals surface area contributed by atoms with E-state index in [0.29, 0.717) is 12.1 Å². The molecule has 3 heterocycles. The molecule has 2 aliphatic rings. The SMILES string of the molecule is CC1c2c3ccccc3cn2N2C=CN(C)C12. The van der Waals surface area contributed by atoms with Crippen LogP contribution in [0, 0.1) is 0 Å². The molecule has 0 saturated heterocycles. The molecule has 0 saturated carbocycles. The van der Waals surface area contributed by atoms with Crippen molar-refractivity contribution < 1.29 is 0 Å². The molecule has 0 spiro atoms. The fraction of sp³-hybridized carbons (Fsp3) is 0.286. The Bertz CT molecular complexity index is 625. The summed E-state index contributed by atoms with van der Waals surface area (Å²) in [7, 11) is 2.15. The van der Waals surface area contributed by atoms with E-state index in [0.717, 1.165) is 0 Å². The minimum Gasteiger partial charge on any atom is -0.357 e. The predicted octanol–water partition coefficient (Wildman–Crippen LogP) is 2.44. The fourth-order valence-electron chi connectivity index (χ4n) is 3.27. The van der Waals surface area contributed by atoms with Crippen LogP contribution in [0.4, 0.5) is 0 Å². The molecular weight excluding hydrogens is 210 g/mol. The Labute approximate surface area is 101 Å². The summed E-state index contributed by atoms with van der Waals surface area (Å²) >= 11 is 0. The highest BCUT2D eigenvalue weighted by molar-refractivity contribution is 5.87. The van der Waals surface area contributed by atoms with Gasteiger partial charge in [0.05, 0.1) is 5.69 Å². The molecule has 0 amide bonds. The molecule has 17 heavy (non-hydrogen) atoms. The van der Waals surface area contributed by atoms with Crippen molar-refractivity contribution in [1.29, 1.82) is 0 Å². The molecule has 0 radical (unpaired) electrons. The normalized spacial score (nSPS) is 25.8. The lowest BCUT2D eigenvalue weighted by Gasteiger charge is -2.26. The van der Waals surface area contributed by atoms with Gasteiger partial charge in [0.15, 0.2) is 0 Å². The number of hydrogen-bond acceptors (Lipinski definition) is 2. The monoisotopic (exact) mass is 225 g/mol. The zero-order chi connectivity index (χ0) is 11.6. The summed E-state index contributed by atoms with van der Waals surface area (Å²) in [6.07, 6.45) is 6.99. The Morgan fingerprint density at radius 1 is 1.12 bits per heavy atom. The van der Waals surface area contributed by atoms with Crippen LogP contribution < -0.4 is 5.01 Å². The van der Waals surface area contributed by atoms with Crippen LogP contribution in [0.15, 0.2) is 42.9 Å². The minimum atomic E-state index is 0.439. The number of fused-ring (bicyclic) bond motifs is 5. The van der Waals surface area contributed by atoms with Gasteiger partial charge in [0, 0.05) is 42.3 Å². The van der Waals surface area contributed by atoms with E-state index in [2.05, 4.69) is 71.4 Å². The number of aromatic nitrogens is 1. The highest BCUT2D eigenvalue weighted by Gasteiger charge is 2.40. The van der Waals surface area contributed by atoms with E-state index in [-0.39, 0.29) is 0 Å². The molecule has 2 atom stereocenters. The maximum Gasteiger partial charge on any atom is 0.128 e. The minimum absolute atomic E-state index is 0.439. The van der Waals surface area contributed by atoms with E-state index in [4.69, 9.17) is 0 Å². The maximum absolute atomic E-state index is 2.32. The van der Waals surface area contributed by atoms with Crippen molar-refractivity contribution in [2.45, 2.75) is 19.0 Å². The summed E-state index contributed by atoms with van der Waals surface area (Å²) in [6.45, 7) is 2.31. The third-order valence-electron chi connectivity index (χ3n) is 4.02. The van der Waals surface area contributed by atoms with Crippen LogP contribution in [0.2, 0.25) is 0 Å². The van der Waals surface area contributed by atoms with E-state index in [9.17, 15) is 0 Å². The smallest absolute Gasteiger partial charge is 0.128 e. The van der Waals surface area contributed by atoms with Crippen molar-refractivity contribution in [3.63, 3.8) is 0 Å². The molecule has 4 rings (SSSR count). The summed E-state index contributed by atoms with van der Waals surface area (Å²) < 4.78 is 2.31. The first kappa shape index (κ1) is 9.16. The summed E-state index contributed by atoms with van der Waals surface area (Å²) in [6, 6.07) is 8.64. The van der Waals surface area contributed by atoms with Crippen LogP contribution in [0.5, 0.6) is 0 Å². The number of hydrogen-bond donors (Lipinski definition) is 0. The van der Waals surface area contributed by atoms with Crippen molar-refractivity contribution in [1.82, 2.24) is 9.58 Å². The molecule has 3 heteroatoms. The summed E-state index contributed by atoms with van der Waals surface area (Å²) in [5.74, 6) is 0.523. The van der Waals surface area contributed by atoms with Gasteiger partial charge in [-0.3, -0.25) is 9.69 Å². The van der Waals surface area contributed by atoms with Crippen LogP contribution in [-0.2, 0) is 0 Å². The van der Waals surface area contributed by atoms with Crippen molar-refractivity contribution in [3.8, 4) is 0 Å². The van der Waals surface area contributed by atoms with Gasteiger partial charge in [-0.05, 0) is 0 Å². The Morgan fingerprint density at radius 2 is 1.94 bits per heavy atom. The highest BCUT2D eigenvalue weighted by atomic mass is 15.6. The van der Waals surface area contributed by atoms with Gasteiger partial charge in [0.2, 0.25) is 0 Å². The van der Waals surface area contributed by atoms with E-state index in [1.165, 1.54) is 16.5 Å². The Hall–Kier alpha value is -1.90. The molecule has 0 aliphatic carbocycles. The van der Waals surface area contributed by atoms with Crippen LogP contribution in [0.1, 0.15) is 18.5 Å². The van der Waals surface area contributed by atoms with E-state index in [1.807, 2.05) is 0 Å². The Balaban J connectivity index is 2.01. The second kappa shape index (κ2) is 2.86. The van der Waals surface area contributed by atoms with Crippen molar-refractivity contribution >= 4 is 10.8 Å². The Morgan fingerprint density at radius 3 is 2.82 bits per heavy atom. The third-order valence-corrected chi connectivity index (χ3v) is 4.02. The molecule has 0 fully saturated rings. The van der Waals surface area contributed by atoms with Gasteiger partial charge in [-0.15, -0.1) is 0 Å². The van der Waals surface area contributed by atoms with E-state index < -0.39 is 0 Å². The molecule has 2 unspecified atom stereocenters. The van der Waals surface area contributed by atoms with Crippen LogP contribution in [-0.4, -0.2) is 22.8 Å². The zero-order valence-corrected chi connectivity index (χ0v) is 10.0. The highest BCUT2D eigenvalue weighted by Crippen LogP contribution is 2.40. The van der Waals surface area contributed by atoms with Gasteiger partial charge in [-0.25, -0.2) is 0 Å². The molecule has 2 aliphatic heterocycles. The average molecular weight is 225 g/mol. The quantitative estimate of drug-likeness (QED) is 0.682. The molecule has 2 aromatic rings. The first-order chi connectivity index (χ1) is 8.27. The van der Waals surface area contributed by atoms with Gasteiger partial charge in [-0.2, -0.15) is 0 Å². The van der Waals surface area contributed by atoms with Crippen molar-refractivity contribution in [2.75, 3.05) is 12.1 Å². The largest absolute Gasteiger partial charge is 0.357 e. The lowest BCUT2D eigenvalue weighted by molar-refractivity contribution is 0.323. The lowest BCUT2D eigenvalue weighted by Crippen LogP contribution is -2.39. The molecule has 86 valence electrons. The van der Waals surface area contributed by atoms with Crippen molar-refractivity contribution in [3.05, 3.63) is 48.6 Å². The third kappa shape index (κ3) is 0.971. The van der Waals surface area contributed by atoms with Gasteiger partial charge in [0.25, 0.3) is 0 Å². The van der Waals surface area contributed by atoms with E-state index in [1.54, 1.807) is 0 Å². The first-order valence-electron chi connectivity index (χ1n) is 6.06. The summed E-state index contributed by atoms with van der Waals surface area (Å²) in [4.78, 5) is 2.28. The molecule has 0 N–H and O–H groups in total. The standard InChI is InChI=1S/C14H15N3/c1-10-13-12-6-4-3-5-11(12)9-17(13)16-8-7-15(2)14(10)16/h3-10,14H,1-2H3. The predicted molar refractivity (Wildman–Crippen MR) is 69.3 cm³/mol. The van der Waals surface area contributed by atoms with E-state index >= 15 is 0 Å². The van der Waals surface area contributed by atoms with Crippen LogP contribution >= 0.6 is 0 Å². The Kier molecular flexibility index (Phi) is 1.54. The van der Waals surface area contributed by atoms with Gasteiger partial charge < -0.3 is 4.90 Å². The fourth-order valence-corrected chi connectivity index (χ4v) is 3.27. The molecule has 0 bridgehead atoms. The number of benzene rings is 1. The van der Waals surface area contributed by atoms with Gasteiger partial charge in [-0.1, -0.05) is 31.2 Å². The second-order valence-electron chi connectivity index (χ2n) is 4.99. The van der Waals surface area contributed by atoms with Crippen LogP contribution in [0.25, 0.3) is 10.8 Å². The lowest BCUT2D eigenvalue weighted by atomic mass is 10.0. The molecular formula is C14H15N3.